The van der Waals surface area contributed by atoms with Crippen LogP contribution in [0.2, 0.25) is 0 Å². The molecule has 2 fully saturated rings. The minimum atomic E-state index is -0.991. The second-order valence-electron chi connectivity index (χ2n) is 7.16. The van der Waals surface area contributed by atoms with Gasteiger partial charge in [0.2, 0.25) is 5.91 Å². The molecule has 0 bridgehead atoms. The fraction of sp³-hybridized carbons (Fsp3) is 0.556. The van der Waals surface area contributed by atoms with Crippen molar-refractivity contribution >= 4 is 11.9 Å². The van der Waals surface area contributed by atoms with E-state index in [4.69, 9.17) is 5.11 Å². The molecule has 7 heteroatoms. The van der Waals surface area contributed by atoms with E-state index in [-0.39, 0.29) is 17.9 Å². The Morgan fingerprint density at radius 2 is 1.92 bits per heavy atom. The van der Waals surface area contributed by atoms with Crippen molar-refractivity contribution in [3.8, 4) is 0 Å². The molecule has 136 valence electrons. The lowest BCUT2D eigenvalue weighted by Crippen LogP contribution is -2.52. The van der Waals surface area contributed by atoms with Crippen LogP contribution in [0.3, 0.4) is 0 Å². The molecule has 1 amide bonds. The van der Waals surface area contributed by atoms with Gasteiger partial charge in [-0.2, -0.15) is 0 Å². The summed E-state index contributed by atoms with van der Waals surface area (Å²) in [6, 6.07) is 3.64. The van der Waals surface area contributed by atoms with Gasteiger partial charge in [0.15, 0.2) is 0 Å². The number of hydrogen-bond acceptors (Lipinski definition) is 3. The molecule has 1 aromatic carbocycles. The maximum atomic E-state index is 13.8. The standard InChI is InChI=1S/C18H22F2N2O3/c19-14-2-1-13(15(20)9-14)10-21-7-5-18(6-8-21)4-3-16(23)22(12-18)11-17(24)25/h1-2,9H,3-8,10-12H2,(H,24,25). The minimum absolute atomic E-state index is 0.0405. The highest BCUT2D eigenvalue weighted by molar-refractivity contribution is 5.82. The smallest absolute Gasteiger partial charge is 0.323 e. The average molecular weight is 352 g/mol. The average Bonchev–Trinajstić information content (AvgIpc) is 2.55. The summed E-state index contributed by atoms with van der Waals surface area (Å²) in [5.41, 5.74) is 0.435. The van der Waals surface area contributed by atoms with Gasteiger partial charge in [0, 0.05) is 31.1 Å². The number of carbonyl (C=O) groups is 2. The Kier molecular flexibility index (Phi) is 5.03. The van der Waals surface area contributed by atoms with Crippen LogP contribution in [0, 0.1) is 17.0 Å². The molecular weight excluding hydrogens is 330 g/mol. The third kappa shape index (κ3) is 4.15. The monoisotopic (exact) mass is 352 g/mol. The lowest BCUT2D eigenvalue weighted by molar-refractivity contribution is -0.149. The second-order valence-corrected chi connectivity index (χ2v) is 7.16. The van der Waals surface area contributed by atoms with Crippen molar-refractivity contribution in [2.45, 2.75) is 32.2 Å². The Hall–Kier alpha value is -2.02. The number of amides is 1. The first-order valence-corrected chi connectivity index (χ1v) is 8.53. The van der Waals surface area contributed by atoms with Crippen LogP contribution in [-0.2, 0) is 16.1 Å². The summed E-state index contributed by atoms with van der Waals surface area (Å²) in [5, 5.41) is 8.96. The summed E-state index contributed by atoms with van der Waals surface area (Å²) in [6.45, 7) is 2.18. The molecule has 25 heavy (non-hydrogen) atoms. The normalized spacial score (nSPS) is 20.9. The van der Waals surface area contributed by atoms with Crippen molar-refractivity contribution in [2.24, 2.45) is 5.41 Å². The van der Waals surface area contributed by atoms with E-state index >= 15 is 0 Å². The van der Waals surface area contributed by atoms with Crippen LogP contribution in [-0.4, -0.2) is 53.0 Å². The van der Waals surface area contributed by atoms with Crippen LogP contribution in [0.1, 0.15) is 31.2 Å². The number of halogens is 2. The maximum absolute atomic E-state index is 13.8. The molecule has 5 nitrogen and oxygen atoms in total. The summed E-state index contributed by atoms with van der Waals surface area (Å²) in [5.74, 6) is -2.20. The highest BCUT2D eigenvalue weighted by atomic mass is 19.1. The maximum Gasteiger partial charge on any atom is 0.323 e. The van der Waals surface area contributed by atoms with Crippen molar-refractivity contribution in [2.75, 3.05) is 26.2 Å². The Morgan fingerprint density at radius 1 is 1.20 bits per heavy atom. The van der Waals surface area contributed by atoms with Gasteiger partial charge in [-0.05, 0) is 43.8 Å². The second kappa shape index (κ2) is 7.07. The molecule has 3 rings (SSSR count). The first kappa shape index (κ1) is 17.8. The van der Waals surface area contributed by atoms with Crippen LogP contribution in [0.15, 0.2) is 18.2 Å². The number of aliphatic carboxylic acids is 1. The molecule has 1 aromatic rings. The summed E-state index contributed by atoms with van der Waals surface area (Å²) in [7, 11) is 0. The zero-order valence-electron chi connectivity index (χ0n) is 14.0. The molecule has 0 radical (unpaired) electrons. The molecule has 2 aliphatic heterocycles. The van der Waals surface area contributed by atoms with E-state index in [1.807, 2.05) is 0 Å². The van der Waals surface area contributed by atoms with Crippen molar-refractivity contribution in [3.05, 3.63) is 35.4 Å². The fourth-order valence-electron chi connectivity index (χ4n) is 3.89. The summed E-state index contributed by atoms with van der Waals surface area (Å²) in [4.78, 5) is 26.4. The van der Waals surface area contributed by atoms with Crippen LogP contribution < -0.4 is 0 Å². The Labute approximate surface area is 145 Å². The quantitative estimate of drug-likeness (QED) is 0.903. The largest absolute Gasteiger partial charge is 0.480 e. The highest BCUT2D eigenvalue weighted by Crippen LogP contribution is 2.40. The number of nitrogens with zero attached hydrogens (tertiary/aromatic N) is 2. The van der Waals surface area contributed by atoms with Crippen LogP contribution in [0.25, 0.3) is 0 Å². The molecule has 0 atom stereocenters. The van der Waals surface area contributed by atoms with Gasteiger partial charge in [-0.1, -0.05) is 6.07 Å². The van der Waals surface area contributed by atoms with Gasteiger partial charge < -0.3 is 10.0 Å². The van der Waals surface area contributed by atoms with E-state index in [2.05, 4.69) is 4.90 Å². The van der Waals surface area contributed by atoms with Gasteiger partial charge in [0.25, 0.3) is 0 Å². The third-order valence-electron chi connectivity index (χ3n) is 5.40. The van der Waals surface area contributed by atoms with Gasteiger partial charge in [-0.15, -0.1) is 0 Å². The predicted octanol–water partition coefficient (Wildman–Crippen LogP) is 2.25. The summed E-state index contributed by atoms with van der Waals surface area (Å²) < 4.78 is 26.8. The number of carboxylic acid groups (broad SMARTS) is 1. The molecule has 0 aromatic heterocycles. The molecule has 0 aliphatic carbocycles. The number of carbonyl (C=O) groups excluding carboxylic acids is 1. The molecular formula is C18H22F2N2O3. The van der Waals surface area contributed by atoms with Gasteiger partial charge in [0.1, 0.15) is 18.2 Å². The minimum Gasteiger partial charge on any atom is -0.480 e. The number of rotatable bonds is 4. The van der Waals surface area contributed by atoms with Crippen LogP contribution in [0.4, 0.5) is 8.78 Å². The molecule has 2 heterocycles. The molecule has 0 saturated carbocycles. The molecule has 0 unspecified atom stereocenters. The summed E-state index contributed by atoms with van der Waals surface area (Å²) >= 11 is 0. The Balaban J connectivity index is 1.59. The number of likely N-dealkylation sites (tertiary alicyclic amines) is 2. The zero-order valence-corrected chi connectivity index (χ0v) is 14.0. The predicted molar refractivity (Wildman–Crippen MR) is 86.8 cm³/mol. The molecule has 1 N–H and O–H groups in total. The van der Waals surface area contributed by atoms with E-state index in [9.17, 15) is 18.4 Å². The van der Waals surface area contributed by atoms with Crippen molar-refractivity contribution in [1.29, 1.82) is 0 Å². The third-order valence-corrected chi connectivity index (χ3v) is 5.40. The number of piperidine rings is 2. The first-order chi connectivity index (χ1) is 11.9. The van der Waals surface area contributed by atoms with Gasteiger partial charge in [-0.25, -0.2) is 8.78 Å². The number of hydrogen-bond donors (Lipinski definition) is 1. The highest BCUT2D eigenvalue weighted by Gasteiger charge is 2.41. The van der Waals surface area contributed by atoms with Crippen molar-refractivity contribution in [1.82, 2.24) is 9.80 Å². The van der Waals surface area contributed by atoms with Gasteiger partial charge >= 0.3 is 5.97 Å². The number of benzene rings is 1. The molecule has 1 spiro atoms. The topological polar surface area (TPSA) is 60.9 Å². The van der Waals surface area contributed by atoms with Gasteiger partial charge in [0.05, 0.1) is 0 Å². The fourth-order valence-corrected chi connectivity index (χ4v) is 3.89. The van der Waals surface area contributed by atoms with E-state index in [1.54, 1.807) is 0 Å². The Morgan fingerprint density at radius 3 is 2.56 bits per heavy atom. The van der Waals surface area contributed by atoms with Crippen LogP contribution in [0.5, 0.6) is 0 Å². The van der Waals surface area contributed by atoms with Crippen LogP contribution >= 0.6 is 0 Å². The lowest BCUT2D eigenvalue weighted by Gasteiger charge is -2.47. The Bertz CT molecular complexity index is 672. The zero-order chi connectivity index (χ0) is 18.0. The lowest BCUT2D eigenvalue weighted by atomic mass is 9.72. The van der Waals surface area contributed by atoms with E-state index in [0.29, 0.717) is 25.1 Å². The SMILES string of the molecule is O=C(O)CN1CC2(CCC1=O)CCN(Cc1ccc(F)cc1F)CC2. The summed E-state index contributed by atoms with van der Waals surface area (Å²) in [6.07, 6.45) is 2.86. The molecule has 2 saturated heterocycles. The van der Waals surface area contributed by atoms with Crippen molar-refractivity contribution in [3.63, 3.8) is 0 Å². The van der Waals surface area contributed by atoms with E-state index < -0.39 is 17.6 Å². The van der Waals surface area contributed by atoms with E-state index in [0.717, 1.165) is 38.4 Å². The van der Waals surface area contributed by atoms with Gasteiger partial charge in [-0.3, -0.25) is 14.5 Å². The van der Waals surface area contributed by atoms with E-state index in [1.165, 1.54) is 17.0 Å². The molecule has 2 aliphatic rings. The van der Waals surface area contributed by atoms with Crippen molar-refractivity contribution < 1.29 is 23.5 Å². The first-order valence-electron chi connectivity index (χ1n) is 8.53. The number of carboxylic acids is 1.